The molecule has 0 radical (unpaired) electrons. The minimum atomic E-state index is -4.35. The van der Waals surface area contributed by atoms with Crippen LogP contribution in [0.25, 0.3) is 0 Å². The summed E-state index contributed by atoms with van der Waals surface area (Å²) in [6.45, 7) is 0. The molecule has 1 N–H and O–H groups in total. The number of rotatable bonds is 4. The number of nitrogens with one attached hydrogen (secondary N) is 1. The smallest absolute Gasteiger partial charge is 0.376 e. The summed E-state index contributed by atoms with van der Waals surface area (Å²) < 4.78 is 45.5. The Bertz CT molecular complexity index is 467. The van der Waals surface area contributed by atoms with Gasteiger partial charge in [0.25, 0.3) is 0 Å². The fraction of sp³-hybridized carbons (Fsp3) is 0.625. The van der Waals surface area contributed by atoms with Crippen LogP contribution in [0.5, 0.6) is 0 Å². The Morgan fingerprint density at radius 1 is 1.14 bits per heavy atom. The van der Waals surface area contributed by atoms with Gasteiger partial charge >= 0.3 is 6.18 Å². The molecule has 1 aromatic rings. The van der Waals surface area contributed by atoms with Crippen LogP contribution >= 0.6 is 0 Å². The molecule has 0 heterocycles. The molecule has 0 amide bonds. The van der Waals surface area contributed by atoms with Gasteiger partial charge in [0, 0.05) is 7.11 Å². The van der Waals surface area contributed by atoms with E-state index in [0.717, 1.165) is 38.2 Å². The third-order valence-corrected chi connectivity index (χ3v) is 4.50. The summed E-state index contributed by atoms with van der Waals surface area (Å²) in [4.78, 5) is 0. The Morgan fingerprint density at radius 3 is 2.29 bits per heavy atom. The van der Waals surface area contributed by atoms with Gasteiger partial charge < -0.3 is 10.1 Å². The molecular formula is C16H22F3NO. The Kier molecular flexibility index (Phi) is 4.94. The quantitative estimate of drug-likeness (QED) is 0.894. The van der Waals surface area contributed by atoms with Gasteiger partial charge in [-0.1, -0.05) is 37.5 Å². The van der Waals surface area contributed by atoms with Crippen LogP contribution in [0.3, 0.4) is 0 Å². The summed E-state index contributed by atoms with van der Waals surface area (Å²) in [6, 6.07) is 5.33. The molecule has 2 rings (SSSR count). The van der Waals surface area contributed by atoms with Gasteiger partial charge in [-0.15, -0.1) is 0 Å². The normalized spacial score (nSPS) is 20.2. The molecule has 0 saturated heterocycles. The van der Waals surface area contributed by atoms with Crippen molar-refractivity contribution in [2.45, 2.75) is 49.9 Å². The van der Waals surface area contributed by atoms with Crippen LogP contribution in [-0.4, -0.2) is 19.8 Å². The number of hydrogen-bond donors (Lipinski definition) is 1. The van der Waals surface area contributed by atoms with Gasteiger partial charge in [0.15, 0.2) is 0 Å². The SMILES string of the molecule is CNC(c1ccccc1C(F)(F)F)C1(OC)CCCCC1. The first-order chi connectivity index (χ1) is 9.94. The molecule has 2 nitrogen and oxygen atoms in total. The van der Waals surface area contributed by atoms with E-state index >= 15 is 0 Å². The molecule has 0 aromatic heterocycles. The Morgan fingerprint density at radius 2 is 1.76 bits per heavy atom. The van der Waals surface area contributed by atoms with Crippen molar-refractivity contribution in [1.29, 1.82) is 0 Å². The molecule has 5 heteroatoms. The minimum absolute atomic E-state index is 0.274. The summed E-state index contributed by atoms with van der Waals surface area (Å²) in [5.74, 6) is 0. The van der Waals surface area contributed by atoms with E-state index in [4.69, 9.17) is 4.74 Å². The summed E-state index contributed by atoms with van der Waals surface area (Å²) in [7, 11) is 3.30. The minimum Gasteiger partial charge on any atom is -0.376 e. The maximum Gasteiger partial charge on any atom is 0.416 e. The van der Waals surface area contributed by atoms with Gasteiger partial charge in [0.05, 0.1) is 17.2 Å². The monoisotopic (exact) mass is 301 g/mol. The number of methoxy groups -OCH3 is 1. The van der Waals surface area contributed by atoms with Crippen LogP contribution in [0.15, 0.2) is 24.3 Å². The molecule has 1 atom stereocenters. The first kappa shape index (κ1) is 16.3. The molecule has 1 fully saturated rings. The Labute approximate surface area is 123 Å². The van der Waals surface area contributed by atoms with Crippen LogP contribution in [0.4, 0.5) is 13.2 Å². The maximum absolute atomic E-state index is 13.3. The topological polar surface area (TPSA) is 21.3 Å². The third-order valence-electron chi connectivity index (χ3n) is 4.50. The average molecular weight is 301 g/mol. The molecule has 0 bridgehead atoms. The lowest BCUT2D eigenvalue weighted by Gasteiger charge is -2.43. The summed E-state index contributed by atoms with van der Waals surface area (Å²) in [6.07, 6.45) is 0.292. The van der Waals surface area contributed by atoms with Crippen molar-refractivity contribution in [3.63, 3.8) is 0 Å². The van der Waals surface area contributed by atoms with E-state index in [-0.39, 0.29) is 5.56 Å². The fourth-order valence-electron chi connectivity index (χ4n) is 3.47. The average Bonchev–Trinajstić information content (AvgIpc) is 2.48. The van der Waals surface area contributed by atoms with Crippen molar-refractivity contribution in [3.8, 4) is 0 Å². The zero-order valence-electron chi connectivity index (χ0n) is 12.5. The van der Waals surface area contributed by atoms with E-state index in [2.05, 4.69) is 5.32 Å². The molecule has 0 spiro atoms. The molecular weight excluding hydrogens is 279 g/mol. The highest BCUT2D eigenvalue weighted by molar-refractivity contribution is 5.34. The molecule has 0 aliphatic heterocycles. The van der Waals surface area contributed by atoms with Crippen LogP contribution in [0.2, 0.25) is 0 Å². The number of benzene rings is 1. The highest BCUT2D eigenvalue weighted by atomic mass is 19.4. The van der Waals surface area contributed by atoms with Crippen molar-refractivity contribution in [2.75, 3.05) is 14.2 Å². The standard InChI is InChI=1S/C16H22F3NO/c1-20-14(15(21-2)10-6-3-7-11-15)12-8-4-5-9-13(12)16(17,18)19/h4-5,8-9,14,20H,3,6-7,10-11H2,1-2H3. The predicted octanol–water partition coefficient (Wildman–Crippen LogP) is 4.32. The predicted molar refractivity (Wildman–Crippen MR) is 76.1 cm³/mol. The second kappa shape index (κ2) is 6.36. The van der Waals surface area contributed by atoms with Crippen molar-refractivity contribution >= 4 is 0 Å². The largest absolute Gasteiger partial charge is 0.416 e. The van der Waals surface area contributed by atoms with Gasteiger partial charge in [-0.3, -0.25) is 0 Å². The molecule has 1 saturated carbocycles. The summed E-state index contributed by atoms with van der Waals surface area (Å²) in [5, 5.41) is 3.07. The highest BCUT2D eigenvalue weighted by Crippen LogP contribution is 2.44. The second-order valence-electron chi connectivity index (χ2n) is 5.64. The lowest BCUT2D eigenvalue weighted by molar-refractivity contribution is -0.139. The molecule has 1 aromatic carbocycles. The maximum atomic E-state index is 13.3. The molecule has 118 valence electrons. The zero-order valence-corrected chi connectivity index (χ0v) is 12.5. The van der Waals surface area contributed by atoms with Crippen LogP contribution in [0, 0.1) is 0 Å². The van der Waals surface area contributed by atoms with Crippen LogP contribution < -0.4 is 5.32 Å². The van der Waals surface area contributed by atoms with E-state index in [1.54, 1.807) is 26.3 Å². The van der Waals surface area contributed by atoms with E-state index < -0.39 is 23.4 Å². The van der Waals surface area contributed by atoms with Gasteiger partial charge in [-0.2, -0.15) is 13.2 Å². The number of likely N-dealkylation sites (N-methyl/N-ethyl adjacent to an activating group) is 1. The second-order valence-corrected chi connectivity index (χ2v) is 5.64. The summed E-state index contributed by atoms with van der Waals surface area (Å²) >= 11 is 0. The lowest BCUT2D eigenvalue weighted by atomic mass is 9.75. The van der Waals surface area contributed by atoms with E-state index in [1.165, 1.54) is 6.07 Å². The number of halogens is 3. The van der Waals surface area contributed by atoms with Crippen molar-refractivity contribution in [3.05, 3.63) is 35.4 Å². The summed E-state index contributed by atoms with van der Waals surface area (Å²) in [5.41, 5.74) is -0.864. The first-order valence-corrected chi connectivity index (χ1v) is 7.33. The molecule has 21 heavy (non-hydrogen) atoms. The van der Waals surface area contributed by atoms with Gasteiger partial charge in [0.1, 0.15) is 0 Å². The van der Waals surface area contributed by atoms with Crippen molar-refractivity contribution < 1.29 is 17.9 Å². The molecule has 1 unspecified atom stereocenters. The Hall–Kier alpha value is -1.07. The number of alkyl halides is 3. The van der Waals surface area contributed by atoms with E-state index in [9.17, 15) is 13.2 Å². The number of hydrogen-bond acceptors (Lipinski definition) is 2. The van der Waals surface area contributed by atoms with Gasteiger partial charge in [-0.05, 0) is 31.5 Å². The third kappa shape index (κ3) is 3.24. The van der Waals surface area contributed by atoms with E-state index in [0.29, 0.717) is 0 Å². The van der Waals surface area contributed by atoms with Crippen LogP contribution in [-0.2, 0) is 10.9 Å². The van der Waals surface area contributed by atoms with Crippen molar-refractivity contribution in [1.82, 2.24) is 5.32 Å². The Balaban J connectivity index is 2.46. The van der Waals surface area contributed by atoms with Gasteiger partial charge in [0.2, 0.25) is 0 Å². The number of ether oxygens (including phenoxy) is 1. The highest BCUT2D eigenvalue weighted by Gasteiger charge is 2.44. The first-order valence-electron chi connectivity index (χ1n) is 7.33. The van der Waals surface area contributed by atoms with E-state index in [1.807, 2.05) is 0 Å². The lowest BCUT2D eigenvalue weighted by Crippen LogP contribution is -2.46. The fourth-order valence-corrected chi connectivity index (χ4v) is 3.47. The van der Waals surface area contributed by atoms with Crippen molar-refractivity contribution in [2.24, 2.45) is 0 Å². The molecule has 1 aliphatic rings. The molecule has 1 aliphatic carbocycles. The zero-order chi connectivity index (χ0) is 15.5. The van der Waals surface area contributed by atoms with Gasteiger partial charge in [-0.25, -0.2) is 0 Å². The van der Waals surface area contributed by atoms with Crippen LogP contribution in [0.1, 0.15) is 49.3 Å².